The van der Waals surface area contributed by atoms with Crippen LogP contribution in [-0.2, 0) is 6.42 Å². The van der Waals surface area contributed by atoms with Gasteiger partial charge in [-0.2, -0.15) is 4.37 Å². The molecule has 1 aliphatic heterocycles. The van der Waals surface area contributed by atoms with E-state index >= 15 is 0 Å². The number of aromatic nitrogens is 2. The normalized spacial score (nSPS) is 14.9. The number of nitrogens with zero attached hydrogens (tertiary/aromatic N) is 5. The van der Waals surface area contributed by atoms with Crippen LogP contribution in [0.4, 0.5) is 5.13 Å². The highest BCUT2D eigenvalue weighted by molar-refractivity contribution is 7.09. The van der Waals surface area contributed by atoms with Crippen LogP contribution in [0.5, 0.6) is 11.5 Å². The highest BCUT2D eigenvalue weighted by atomic mass is 32.1. The van der Waals surface area contributed by atoms with E-state index in [2.05, 4.69) is 36.4 Å². The van der Waals surface area contributed by atoms with Crippen molar-refractivity contribution in [1.29, 1.82) is 0 Å². The van der Waals surface area contributed by atoms with Crippen molar-refractivity contribution >= 4 is 22.6 Å². The summed E-state index contributed by atoms with van der Waals surface area (Å²) in [4.78, 5) is 13.6. The van der Waals surface area contributed by atoms with Crippen LogP contribution >= 0.6 is 11.5 Å². The summed E-state index contributed by atoms with van der Waals surface area (Å²) in [5, 5.41) is 4.40. The molecule has 0 unspecified atom stereocenters. The molecule has 8 nitrogen and oxygen atoms in total. The Morgan fingerprint density at radius 2 is 1.89 bits per heavy atom. The first kappa shape index (κ1) is 20.2. The number of guanidine groups is 1. The Morgan fingerprint density at radius 1 is 1.18 bits per heavy atom. The van der Waals surface area contributed by atoms with Crippen LogP contribution in [0.3, 0.4) is 0 Å². The van der Waals surface area contributed by atoms with E-state index in [1.54, 1.807) is 7.11 Å². The first-order valence-electron chi connectivity index (χ1n) is 9.53. The van der Waals surface area contributed by atoms with Gasteiger partial charge in [0.15, 0.2) is 5.96 Å². The van der Waals surface area contributed by atoms with Crippen molar-refractivity contribution in [2.24, 2.45) is 4.99 Å². The average Bonchev–Trinajstić information content (AvgIpc) is 3.24. The monoisotopic (exact) mass is 404 g/mol. The van der Waals surface area contributed by atoms with Crippen LogP contribution in [-0.4, -0.2) is 73.7 Å². The fourth-order valence-electron chi connectivity index (χ4n) is 2.96. The summed E-state index contributed by atoms with van der Waals surface area (Å²) in [6, 6.07) is 7.60. The minimum absolute atomic E-state index is 0.565. The van der Waals surface area contributed by atoms with Crippen molar-refractivity contribution in [2.45, 2.75) is 13.3 Å². The Hall–Kier alpha value is -2.55. The molecule has 0 aliphatic carbocycles. The maximum Gasteiger partial charge on any atom is 0.205 e. The molecule has 0 bridgehead atoms. The molecule has 1 aliphatic rings. The van der Waals surface area contributed by atoms with E-state index in [1.807, 2.05) is 31.3 Å². The summed E-state index contributed by atoms with van der Waals surface area (Å²) in [5.41, 5.74) is 0. The van der Waals surface area contributed by atoms with Gasteiger partial charge in [0.2, 0.25) is 5.13 Å². The van der Waals surface area contributed by atoms with Gasteiger partial charge in [0.05, 0.1) is 13.7 Å². The zero-order valence-corrected chi connectivity index (χ0v) is 17.5. The van der Waals surface area contributed by atoms with Crippen LogP contribution in [0, 0.1) is 0 Å². The van der Waals surface area contributed by atoms with E-state index in [9.17, 15) is 0 Å². The maximum absolute atomic E-state index is 5.76. The van der Waals surface area contributed by atoms with E-state index in [-0.39, 0.29) is 0 Å². The summed E-state index contributed by atoms with van der Waals surface area (Å²) < 4.78 is 15.3. The van der Waals surface area contributed by atoms with Gasteiger partial charge in [-0.1, -0.05) is 6.92 Å². The highest BCUT2D eigenvalue weighted by Crippen LogP contribution is 2.19. The SMILES string of the molecule is CCc1nsc(N2CCN(C(=NC)NCCOc3ccc(OC)cc3)CC2)n1. The molecule has 0 amide bonds. The lowest BCUT2D eigenvalue weighted by Gasteiger charge is -2.36. The minimum Gasteiger partial charge on any atom is -0.497 e. The molecule has 2 heterocycles. The number of methoxy groups -OCH3 is 1. The van der Waals surface area contributed by atoms with Gasteiger partial charge in [0, 0.05) is 51.2 Å². The molecule has 0 atom stereocenters. The van der Waals surface area contributed by atoms with Crippen molar-refractivity contribution in [3.63, 3.8) is 0 Å². The van der Waals surface area contributed by atoms with Crippen LogP contribution in [0.15, 0.2) is 29.3 Å². The molecular formula is C19H28N6O2S. The number of piperazine rings is 1. The van der Waals surface area contributed by atoms with E-state index in [4.69, 9.17) is 9.47 Å². The average molecular weight is 405 g/mol. The molecule has 9 heteroatoms. The molecule has 1 fully saturated rings. The number of hydrogen-bond donors (Lipinski definition) is 1. The molecule has 1 aromatic carbocycles. The number of rotatable bonds is 7. The van der Waals surface area contributed by atoms with Gasteiger partial charge in [-0.05, 0) is 24.3 Å². The van der Waals surface area contributed by atoms with Crippen molar-refractivity contribution < 1.29 is 9.47 Å². The fourth-order valence-corrected chi connectivity index (χ4v) is 3.76. The smallest absolute Gasteiger partial charge is 0.205 e. The second-order valence-electron chi connectivity index (χ2n) is 6.32. The quantitative estimate of drug-likeness (QED) is 0.429. The third-order valence-corrected chi connectivity index (χ3v) is 5.36. The van der Waals surface area contributed by atoms with Gasteiger partial charge in [0.25, 0.3) is 0 Å². The van der Waals surface area contributed by atoms with E-state index in [1.165, 1.54) is 11.5 Å². The second-order valence-corrected chi connectivity index (χ2v) is 7.05. The first-order valence-corrected chi connectivity index (χ1v) is 10.3. The van der Waals surface area contributed by atoms with Crippen LogP contribution in [0.2, 0.25) is 0 Å². The predicted octanol–water partition coefficient (Wildman–Crippen LogP) is 1.89. The number of hydrogen-bond acceptors (Lipinski definition) is 7. The summed E-state index contributed by atoms with van der Waals surface area (Å²) in [6.07, 6.45) is 0.881. The summed E-state index contributed by atoms with van der Waals surface area (Å²) in [6.45, 7) is 6.98. The number of anilines is 1. The lowest BCUT2D eigenvalue weighted by Crippen LogP contribution is -2.53. The Bertz CT molecular complexity index is 756. The molecule has 0 radical (unpaired) electrons. The number of aliphatic imine (C=N–C) groups is 1. The van der Waals surface area contributed by atoms with Gasteiger partial charge in [-0.3, -0.25) is 4.99 Å². The van der Waals surface area contributed by atoms with E-state index in [0.717, 1.165) is 61.0 Å². The number of ether oxygens (including phenoxy) is 2. The second kappa shape index (κ2) is 10.1. The third kappa shape index (κ3) is 5.25. The highest BCUT2D eigenvalue weighted by Gasteiger charge is 2.21. The standard InChI is InChI=1S/C19H28N6O2S/c1-4-17-22-19(28-23-17)25-12-10-24(11-13-25)18(20-2)21-9-14-27-16-7-5-15(26-3)6-8-16/h5-8H,4,9-14H2,1-3H3,(H,20,21). The molecule has 1 N–H and O–H groups in total. The summed E-state index contributed by atoms with van der Waals surface area (Å²) >= 11 is 1.49. The molecule has 28 heavy (non-hydrogen) atoms. The Kier molecular flexibility index (Phi) is 7.30. The van der Waals surface area contributed by atoms with Gasteiger partial charge in [0.1, 0.15) is 23.9 Å². The molecule has 152 valence electrons. The van der Waals surface area contributed by atoms with E-state index < -0.39 is 0 Å². The van der Waals surface area contributed by atoms with Crippen molar-refractivity contribution in [1.82, 2.24) is 19.6 Å². The van der Waals surface area contributed by atoms with Crippen molar-refractivity contribution in [2.75, 3.05) is 58.4 Å². The van der Waals surface area contributed by atoms with Gasteiger partial charge >= 0.3 is 0 Å². The zero-order valence-electron chi connectivity index (χ0n) is 16.7. The lowest BCUT2D eigenvalue weighted by atomic mass is 10.3. The topological polar surface area (TPSA) is 75.1 Å². The van der Waals surface area contributed by atoms with Crippen LogP contribution in [0.1, 0.15) is 12.7 Å². The lowest BCUT2D eigenvalue weighted by molar-refractivity contribution is 0.314. The third-order valence-electron chi connectivity index (χ3n) is 4.55. The Morgan fingerprint density at radius 3 is 2.50 bits per heavy atom. The zero-order chi connectivity index (χ0) is 19.8. The maximum atomic E-state index is 5.76. The minimum atomic E-state index is 0.565. The molecule has 0 spiro atoms. The largest absolute Gasteiger partial charge is 0.497 e. The van der Waals surface area contributed by atoms with Crippen LogP contribution < -0.4 is 19.7 Å². The number of benzene rings is 1. The molecule has 1 aromatic heterocycles. The van der Waals surface area contributed by atoms with Gasteiger partial charge in [-0.15, -0.1) is 0 Å². The molecule has 3 rings (SSSR count). The Balaban J connectivity index is 1.40. The summed E-state index contributed by atoms with van der Waals surface area (Å²) in [5.74, 6) is 3.49. The van der Waals surface area contributed by atoms with Gasteiger partial charge in [-0.25, -0.2) is 4.98 Å². The van der Waals surface area contributed by atoms with Crippen molar-refractivity contribution in [3.8, 4) is 11.5 Å². The summed E-state index contributed by atoms with van der Waals surface area (Å²) in [7, 11) is 3.47. The molecule has 1 saturated heterocycles. The van der Waals surface area contributed by atoms with E-state index in [0.29, 0.717) is 13.2 Å². The Labute approximate surface area is 170 Å². The molecule has 2 aromatic rings. The fraction of sp³-hybridized carbons (Fsp3) is 0.526. The predicted molar refractivity (Wildman–Crippen MR) is 113 cm³/mol. The molecular weight excluding hydrogens is 376 g/mol. The van der Waals surface area contributed by atoms with Crippen molar-refractivity contribution in [3.05, 3.63) is 30.1 Å². The van der Waals surface area contributed by atoms with Gasteiger partial charge < -0.3 is 24.6 Å². The van der Waals surface area contributed by atoms with Crippen LogP contribution in [0.25, 0.3) is 0 Å². The molecule has 0 saturated carbocycles. The first-order chi connectivity index (χ1) is 13.7. The number of nitrogens with one attached hydrogen (secondary N) is 1. The number of aryl methyl sites for hydroxylation is 1.